The fourth-order valence-corrected chi connectivity index (χ4v) is 3.23. The minimum atomic E-state index is -0.936. The summed E-state index contributed by atoms with van der Waals surface area (Å²) in [5.41, 5.74) is 0.390. The zero-order valence-corrected chi connectivity index (χ0v) is 16.6. The topological polar surface area (TPSA) is 90.9 Å². The number of hydrogen-bond donors (Lipinski definition) is 3. The molecule has 27 heavy (non-hydrogen) atoms. The van der Waals surface area contributed by atoms with Gasteiger partial charge in [-0.2, -0.15) is 0 Å². The lowest BCUT2D eigenvalue weighted by Crippen LogP contribution is -2.63. The molecule has 2 rings (SSSR count). The maximum Gasteiger partial charge on any atom is 0.410 e. The van der Waals surface area contributed by atoms with E-state index in [1.807, 2.05) is 51.1 Å². The summed E-state index contributed by atoms with van der Waals surface area (Å²) in [6.07, 6.45) is -0.913. The van der Waals surface area contributed by atoms with Crippen LogP contribution in [-0.2, 0) is 16.0 Å². The SMILES string of the molecule is CC(=O)N[C@H](Cc1ccccc1)[C@H](O)[C@H]1CNCCN1C(=O)OC(C)(C)C. The first-order chi connectivity index (χ1) is 12.7. The van der Waals surface area contributed by atoms with Gasteiger partial charge in [0.2, 0.25) is 5.91 Å². The fourth-order valence-electron chi connectivity index (χ4n) is 3.23. The molecule has 7 nitrogen and oxygen atoms in total. The van der Waals surface area contributed by atoms with E-state index in [1.54, 1.807) is 4.90 Å². The van der Waals surface area contributed by atoms with Gasteiger partial charge >= 0.3 is 6.09 Å². The van der Waals surface area contributed by atoms with Crippen molar-refractivity contribution in [2.75, 3.05) is 19.6 Å². The Hall–Kier alpha value is -2.12. The number of hydrogen-bond acceptors (Lipinski definition) is 5. The maximum atomic E-state index is 12.6. The zero-order chi connectivity index (χ0) is 20.0. The predicted octanol–water partition coefficient (Wildman–Crippen LogP) is 1.30. The van der Waals surface area contributed by atoms with E-state index in [9.17, 15) is 14.7 Å². The van der Waals surface area contributed by atoms with Crippen LogP contribution in [0.5, 0.6) is 0 Å². The molecule has 1 aromatic carbocycles. The van der Waals surface area contributed by atoms with Crippen molar-refractivity contribution in [2.45, 2.75) is 57.9 Å². The summed E-state index contributed by atoms with van der Waals surface area (Å²) >= 11 is 0. The number of aliphatic hydroxyl groups is 1. The summed E-state index contributed by atoms with van der Waals surface area (Å²) in [7, 11) is 0. The van der Waals surface area contributed by atoms with Crippen LogP contribution in [0.3, 0.4) is 0 Å². The van der Waals surface area contributed by atoms with Crippen LogP contribution in [0.15, 0.2) is 30.3 Å². The van der Waals surface area contributed by atoms with Crippen molar-refractivity contribution < 1.29 is 19.4 Å². The molecule has 0 saturated carbocycles. The Labute approximate surface area is 161 Å². The van der Waals surface area contributed by atoms with Gasteiger partial charge in [0.05, 0.1) is 18.2 Å². The van der Waals surface area contributed by atoms with Gasteiger partial charge in [0.15, 0.2) is 0 Å². The number of rotatable bonds is 5. The molecule has 1 aliphatic rings. The second-order valence-electron chi connectivity index (χ2n) is 7.93. The first-order valence-electron chi connectivity index (χ1n) is 9.37. The summed E-state index contributed by atoms with van der Waals surface area (Å²) in [5, 5.41) is 17.1. The lowest BCUT2D eigenvalue weighted by molar-refractivity contribution is -0.121. The molecular formula is C20H31N3O4. The molecule has 7 heteroatoms. The van der Waals surface area contributed by atoms with Crippen molar-refractivity contribution in [1.29, 1.82) is 0 Å². The molecule has 3 N–H and O–H groups in total. The highest BCUT2D eigenvalue weighted by Gasteiger charge is 2.38. The average Bonchev–Trinajstić information content (AvgIpc) is 2.59. The van der Waals surface area contributed by atoms with Gasteiger partial charge in [-0.15, -0.1) is 0 Å². The third-order valence-corrected chi connectivity index (χ3v) is 4.40. The zero-order valence-electron chi connectivity index (χ0n) is 16.6. The van der Waals surface area contributed by atoms with E-state index >= 15 is 0 Å². The highest BCUT2D eigenvalue weighted by molar-refractivity contribution is 5.73. The number of carbonyl (C=O) groups excluding carboxylic acids is 2. The largest absolute Gasteiger partial charge is 0.444 e. The summed E-state index contributed by atoms with van der Waals surface area (Å²) in [6, 6.07) is 8.65. The van der Waals surface area contributed by atoms with Gasteiger partial charge < -0.3 is 20.5 Å². The van der Waals surface area contributed by atoms with E-state index in [1.165, 1.54) is 6.92 Å². The number of nitrogens with one attached hydrogen (secondary N) is 2. The van der Waals surface area contributed by atoms with E-state index in [4.69, 9.17) is 4.74 Å². The normalized spacial score (nSPS) is 19.9. The smallest absolute Gasteiger partial charge is 0.410 e. The van der Waals surface area contributed by atoms with Gasteiger partial charge in [-0.3, -0.25) is 9.69 Å². The van der Waals surface area contributed by atoms with E-state index in [0.717, 1.165) is 5.56 Å². The molecule has 1 heterocycles. The van der Waals surface area contributed by atoms with E-state index in [2.05, 4.69) is 10.6 Å². The number of benzene rings is 1. The summed E-state index contributed by atoms with van der Waals surface area (Å²) in [4.78, 5) is 25.9. The van der Waals surface area contributed by atoms with Crippen molar-refractivity contribution in [1.82, 2.24) is 15.5 Å². The summed E-state index contributed by atoms with van der Waals surface area (Å²) in [6.45, 7) is 8.37. The number of nitrogens with zero attached hydrogens (tertiary/aromatic N) is 1. The number of carbonyl (C=O) groups is 2. The molecule has 2 amide bonds. The predicted molar refractivity (Wildman–Crippen MR) is 103 cm³/mol. The maximum absolute atomic E-state index is 12.6. The summed E-state index contributed by atoms with van der Waals surface area (Å²) in [5.74, 6) is -0.220. The molecule has 0 bridgehead atoms. The Morgan fingerprint density at radius 3 is 2.59 bits per heavy atom. The van der Waals surface area contributed by atoms with E-state index in [0.29, 0.717) is 26.1 Å². The molecule has 3 atom stereocenters. The number of amides is 2. The van der Waals surface area contributed by atoms with Crippen LogP contribution in [-0.4, -0.2) is 65.4 Å². The standard InChI is InChI=1S/C20H31N3O4/c1-14(24)22-16(12-15-8-6-5-7-9-15)18(25)17-13-21-10-11-23(17)19(26)27-20(2,3)4/h5-9,16-18,21,25H,10-13H2,1-4H3,(H,22,24)/t16-,17-,18+/m1/s1. The molecule has 0 radical (unpaired) electrons. The Kier molecular flexibility index (Phi) is 7.21. The first kappa shape index (κ1) is 21.2. The van der Waals surface area contributed by atoms with Crippen LogP contribution < -0.4 is 10.6 Å². The van der Waals surface area contributed by atoms with E-state index < -0.39 is 29.9 Å². The molecular weight excluding hydrogens is 346 g/mol. The monoisotopic (exact) mass is 377 g/mol. The third-order valence-electron chi connectivity index (χ3n) is 4.40. The quantitative estimate of drug-likeness (QED) is 0.720. The van der Waals surface area contributed by atoms with Gasteiger partial charge in [0.25, 0.3) is 0 Å². The van der Waals surface area contributed by atoms with E-state index in [-0.39, 0.29) is 5.91 Å². The van der Waals surface area contributed by atoms with Crippen molar-refractivity contribution in [3.05, 3.63) is 35.9 Å². The van der Waals surface area contributed by atoms with Crippen molar-refractivity contribution in [2.24, 2.45) is 0 Å². The van der Waals surface area contributed by atoms with Crippen LogP contribution >= 0.6 is 0 Å². The van der Waals surface area contributed by atoms with Crippen molar-refractivity contribution in [3.8, 4) is 0 Å². The Balaban J connectivity index is 2.18. The highest BCUT2D eigenvalue weighted by atomic mass is 16.6. The van der Waals surface area contributed by atoms with Crippen LogP contribution in [0.2, 0.25) is 0 Å². The van der Waals surface area contributed by atoms with Crippen molar-refractivity contribution in [3.63, 3.8) is 0 Å². The average molecular weight is 377 g/mol. The summed E-state index contributed by atoms with van der Waals surface area (Å²) < 4.78 is 5.50. The Morgan fingerprint density at radius 1 is 1.33 bits per heavy atom. The molecule has 1 aliphatic heterocycles. The number of piperazine rings is 1. The number of aliphatic hydroxyl groups excluding tert-OH is 1. The molecule has 1 fully saturated rings. The molecule has 1 aromatic rings. The number of ether oxygens (including phenoxy) is 1. The Morgan fingerprint density at radius 2 is 2.00 bits per heavy atom. The van der Waals surface area contributed by atoms with Gasteiger partial charge in [-0.05, 0) is 32.8 Å². The second kappa shape index (κ2) is 9.19. The van der Waals surface area contributed by atoms with Crippen LogP contribution in [0.25, 0.3) is 0 Å². The molecule has 0 aromatic heterocycles. The van der Waals surface area contributed by atoms with Gasteiger partial charge in [-0.25, -0.2) is 4.79 Å². The van der Waals surface area contributed by atoms with Crippen LogP contribution in [0.4, 0.5) is 4.79 Å². The lowest BCUT2D eigenvalue weighted by atomic mass is 9.94. The minimum absolute atomic E-state index is 0.220. The molecule has 0 unspecified atom stereocenters. The van der Waals surface area contributed by atoms with Gasteiger partial charge in [0.1, 0.15) is 5.60 Å². The second-order valence-corrected chi connectivity index (χ2v) is 7.93. The third kappa shape index (κ3) is 6.52. The van der Waals surface area contributed by atoms with Crippen LogP contribution in [0, 0.1) is 0 Å². The lowest BCUT2D eigenvalue weighted by Gasteiger charge is -2.41. The van der Waals surface area contributed by atoms with Gasteiger partial charge in [-0.1, -0.05) is 30.3 Å². The van der Waals surface area contributed by atoms with Crippen molar-refractivity contribution >= 4 is 12.0 Å². The van der Waals surface area contributed by atoms with Crippen LogP contribution in [0.1, 0.15) is 33.3 Å². The fraction of sp³-hybridized carbons (Fsp3) is 0.600. The molecule has 150 valence electrons. The first-order valence-corrected chi connectivity index (χ1v) is 9.37. The molecule has 0 spiro atoms. The molecule has 1 saturated heterocycles. The van der Waals surface area contributed by atoms with Gasteiger partial charge in [0, 0.05) is 26.6 Å². The minimum Gasteiger partial charge on any atom is -0.444 e. The highest BCUT2D eigenvalue weighted by Crippen LogP contribution is 2.18. The Bertz CT molecular complexity index is 630. The molecule has 0 aliphatic carbocycles.